The first-order valence-corrected chi connectivity index (χ1v) is 2.35. The van der Waals surface area contributed by atoms with E-state index >= 15 is 0 Å². The van der Waals surface area contributed by atoms with Crippen molar-refractivity contribution in [3.63, 3.8) is 0 Å². The van der Waals surface area contributed by atoms with Gasteiger partial charge in [-0.25, -0.2) is 4.57 Å². The fourth-order valence-corrected chi connectivity index (χ4v) is 0. The molecule has 0 bridgehead atoms. The maximum absolute atomic E-state index is 8.88. The quantitative estimate of drug-likeness (QED) is 0.251. The van der Waals surface area contributed by atoms with Gasteiger partial charge < -0.3 is 31.1 Å². The summed E-state index contributed by atoms with van der Waals surface area (Å²) in [5.41, 5.74) is 0. The second-order valence-corrected chi connectivity index (χ2v) is 1.54. The van der Waals surface area contributed by atoms with E-state index in [9.17, 15) is 0 Å². The van der Waals surface area contributed by atoms with Gasteiger partial charge in [0.2, 0.25) is 0 Å². The predicted octanol–water partition coefficient (Wildman–Crippen LogP) is -4.32. The molecule has 0 heterocycles. The molecule has 0 fully saturated rings. The van der Waals surface area contributed by atoms with E-state index in [4.69, 9.17) is 19.2 Å². The topological polar surface area (TPSA) is 172 Å². The van der Waals surface area contributed by atoms with E-state index < -0.39 is 7.82 Å². The van der Waals surface area contributed by atoms with E-state index in [2.05, 4.69) is 0 Å². The average molecular weight is 178 g/mol. The third-order valence-corrected chi connectivity index (χ3v) is 0. The summed E-state index contributed by atoms with van der Waals surface area (Å²) < 4.78 is 8.88. The molecule has 9 N–H and O–H groups in total. The molecule has 0 radical (unpaired) electrons. The monoisotopic (exact) mass is 178 g/mol. The summed E-state index contributed by atoms with van der Waals surface area (Å²) in [5.74, 6) is 0. The van der Waals surface area contributed by atoms with Crippen LogP contribution in [0.25, 0.3) is 0 Å². The lowest BCUT2D eigenvalue weighted by atomic mass is 15.8. The molecule has 7 nitrogen and oxygen atoms in total. The Balaban J connectivity index is -0.0000000133. The van der Waals surface area contributed by atoms with Crippen LogP contribution in [-0.2, 0) is 4.57 Å². The van der Waals surface area contributed by atoms with E-state index in [1.165, 1.54) is 0 Å². The van der Waals surface area contributed by atoms with Gasteiger partial charge in [0.25, 0.3) is 0 Å². The van der Waals surface area contributed by atoms with Crippen LogP contribution in [0.2, 0.25) is 0 Å². The summed E-state index contributed by atoms with van der Waals surface area (Å²) in [6.45, 7) is 0. The van der Waals surface area contributed by atoms with Crippen molar-refractivity contribution in [2.24, 2.45) is 0 Å². The fraction of sp³-hybridized carbons (Fsp3) is 0. The van der Waals surface area contributed by atoms with Crippen LogP contribution in [0, 0.1) is 0 Å². The van der Waals surface area contributed by atoms with Gasteiger partial charge in [0, 0.05) is 0 Å². The van der Waals surface area contributed by atoms with E-state index in [0.717, 1.165) is 0 Å². The molecule has 0 amide bonds. The molecular formula is H11MgO7P. The SMILES string of the molecule is O.O.O.O=P(O)(O)O.[MgH2]. The summed E-state index contributed by atoms with van der Waals surface area (Å²) >= 11 is 0. The third kappa shape index (κ3) is 699. The summed E-state index contributed by atoms with van der Waals surface area (Å²) in [7, 11) is -4.64. The van der Waals surface area contributed by atoms with Crippen molar-refractivity contribution in [2.75, 3.05) is 0 Å². The van der Waals surface area contributed by atoms with Crippen LogP contribution < -0.4 is 0 Å². The van der Waals surface area contributed by atoms with Gasteiger partial charge >= 0.3 is 30.9 Å². The molecule has 60 valence electrons. The van der Waals surface area contributed by atoms with Gasteiger partial charge in [-0.2, -0.15) is 0 Å². The Bertz CT molecular complexity index is 55.1. The van der Waals surface area contributed by atoms with Gasteiger partial charge in [-0.15, -0.1) is 0 Å². The minimum Gasteiger partial charge on any atom is -0.412 e. The Labute approximate surface area is 67.0 Å². The first-order chi connectivity index (χ1) is 2.00. The molecule has 0 aromatic heterocycles. The molecule has 0 rings (SSSR count). The molecule has 0 aliphatic rings. The number of rotatable bonds is 0. The molecule has 0 aliphatic heterocycles. The van der Waals surface area contributed by atoms with Gasteiger partial charge in [-0.1, -0.05) is 0 Å². The minimum absolute atomic E-state index is 0. The van der Waals surface area contributed by atoms with Crippen LogP contribution in [-0.4, -0.2) is 54.2 Å². The normalized spacial score (nSPS) is 6.56. The maximum atomic E-state index is 8.88. The highest BCUT2D eigenvalue weighted by Crippen LogP contribution is 2.25. The minimum atomic E-state index is -4.64. The number of hydrogen-bond acceptors (Lipinski definition) is 1. The lowest BCUT2D eigenvalue weighted by molar-refractivity contribution is 0.275. The van der Waals surface area contributed by atoms with Crippen LogP contribution in [0.4, 0.5) is 0 Å². The molecule has 9 heteroatoms. The van der Waals surface area contributed by atoms with E-state index in [1.54, 1.807) is 0 Å². The first kappa shape index (κ1) is 33.1. The Morgan fingerprint density at radius 1 is 0.889 bits per heavy atom. The van der Waals surface area contributed by atoms with Crippen LogP contribution in [0.1, 0.15) is 0 Å². The van der Waals surface area contributed by atoms with Crippen molar-refractivity contribution in [3.8, 4) is 0 Å². The molecule has 0 aliphatic carbocycles. The summed E-state index contributed by atoms with van der Waals surface area (Å²) in [6, 6.07) is 0. The van der Waals surface area contributed by atoms with Gasteiger partial charge in [0.1, 0.15) is 0 Å². The van der Waals surface area contributed by atoms with Crippen LogP contribution in [0.3, 0.4) is 0 Å². The Morgan fingerprint density at radius 3 is 0.889 bits per heavy atom. The average Bonchev–Trinajstić information content (AvgIpc) is 0.722. The predicted molar refractivity (Wildman–Crippen MR) is 33.6 cm³/mol. The number of phosphoric acid groups is 1. The van der Waals surface area contributed by atoms with Gasteiger partial charge in [0.05, 0.1) is 0 Å². The van der Waals surface area contributed by atoms with Crippen LogP contribution in [0.15, 0.2) is 0 Å². The van der Waals surface area contributed by atoms with E-state index in [0.29, 0.717) is 0 Å². The smallest absolute Gasteiger partial charge is 0.412 e. The summed E-state index contributed by atoms with van der Waals surface area (Å²) in [6.07, 6.45) is 0. The Hall–Kier alpha value is 0.756. The highest BCUT2D eigenvalue weighted by atomic mass is 31.2. The van der Waals surface area contributed by atoms with Crippen LogP contribution >= 0.6 is 7.82 Å². The molecule has 0 unspecified atom stereocenters. The Kier molecular flexibility index (Phi) is 42.4. The van der Waals surface area contributed by atoms with Crippen molar-refractivity contribution in [2.45, 2.75) is 0 Å². The summed E-state index contributed by atoms with van der Waals surface area (Å²) in [5, 5.41) is 0. The second-order valence-electron chi connectivity index (χ2n) is 0.513. The largest absolute Gasteiger partial charge is 0.466 e. The van der Waals surface area contributed by atoms with Crippen LogP contribution in [0.5, 0.6) is 0 Å². The fourth-order valence-electron chi connectivity index (χ4n) is 0. The first-order valence-electron chi connectivity index (χ1n) is 0.783. The molecule has 0 spiro atoms. The molecule has 0 saturated carbocycles. The highest BCUT2D eigenvalue weighted by molar-refractivity contribution is 7.45. The van der Waals surface area contributed by atoms with Crippen molar-refractivity contribution in [3.05, 3.63) is 0 Å². The summed E-state index contributed by atoms with van der Waals surface area (Å²) in [4.78, 5) is 21.6. The van der Waals surface area contributed by atoms with Crippen molar-refractivity contribution >= 4 is 30.9 Å². The third-order valence-electron chi connectivity index (χ3n) is 0. The zero-order valence-electron chi connectivity index (χ0n) is 3.70. The van der Waals surface area contributed by atoms with Crippen molar-refractivity contribution in [1.29, 1.82) is 0 Å². The molecule has 0 aromatic rings. The molecule has 9 heavy (non-hydrogen) atoms. The van der Waals surface area contributed by atoms with Gasteiger partial charge in [0.15, 0.2) is 0 Å². The zero-order valence-corrected chi connectivity index (χ0v) is 4.59. The van der Waals surface area contributed by atoms with Gasteiger partial charge in [-0.05, 0) is 0 Å². The standard InChI is InChI=1S/Mg.H3O4P.3H2O.2H/c;1-5(2,3)4;;;;;/h;(H3,1,2,3,4);3*1H2;;. The zero-order chi connectivity index (χ0) is 4.50. The van der Waals surface area contributed by atoms with Crippen molar-refractivity contribution in [1.82, 2.24) is 0 Å². The molecule has 0 atom stereocenters. The highest BCUT2D eigenvalue weighted by Gasteiger charge is 2.00. The molecule has 0 aromatic carbocycles. The number of hydrogen-bond donors (Lipinski definition) is 3. The molecule has 0 saturated heterocycles. The van der Waals surface area contributed by atoms with E-state index in [-0.39, 0.29) is 39.5 Å². The second kappa shape index (κ2) is 11.5. The maximum Gasteiger partial charge on any atom is 0.466 e. The lowest BCUT2D eigenvalue weighted by Crippen LogP contribution is -1.66. The lowest BCUT2D eigenvalue weighted by Gasteiger charge is -1.82. The Morgan fingerprint density at radius 2 is 0.889 bits per heavy atom. The van der Waals surface area contributed by atoms with Crippen molar-refractivity contribution < 1.29 is 35.7 Å². The molecular weight excluding hydrogens is 167 g/mol. The van der Waals surface area contributed by atoms with E-state index in [1.807, 2.05) is 0 Å². The van der Waals surface area contributed by atoms with Gasteiger partial charge in [-0.3, -0.25) is 0 Å².